The van der Waals surface area contributed by atoms with Gasteiger partial charge in [0.1, 0.15) is 0 Å². The first kappa shape index (κ1) is 13.5. The van der Waals surface area contributed by atoms with Gasteiger partial charge in [-0.2, -0.15) is 0 Å². The topological polar surface area (TPSA) is 42.4 Å². The first-order valence-electron chi connectivity index (χ1n) is 5.48. The number of aliphatic hydroxyl groups is 1. The lowest BCUT2D eigenvalue weighted by atomic mass is 10.2. The number of rotatable bonds is 3. The van der Waals surface area contributed by atoms with Crippen LogP contribution >= 0.6 is 11.8 Å². The quantitative estimate of drug-likeness (QED) is 0.825. The predicted molar refractivity (Wildman–Crippen MR) is 66.7 cm³/mol. The molecule has 1 aromatic heterocycles. The summed E-state index contributed by atoms with van der Waals surface area (Å²) in [5.41, 5.74) is 0. The van der Waals surface area contributed by atoms with Crippen molar-refractivity contribution in [3.63, 3.8) is 0 Å². The van der Waals surface area contributed by atoms with Gasteiger partial charge in [0.05, 0.1) is 17.2 Å². The highest BCUT2D eigenvalue weighted by atomic mass is 32.2. The van der Waals surface area contributed by atoms with E-state index in [-0.39, 0.29) is 0 Å². The SMILES string of the molecule is CC1CCC(CSc2ccccn2)O1.CO. The maximum atomic E-state index is 7.00. The van der Waals surface area contributed by atoms with E-state index in [2.05, 4.69) is 11.9 Å². The van der Waals surface area contributed by atoms with Crippen molar-refractivity contribution in [1.29, 1.82) is 0 Å². The maximum absolute atomic E-state index is 7.00. The van der Waals surface area contributed by atoms with Crippen LogP contribution in [0, 0.1) is 0 Å². The zero-order chi connectivity index (χ0) is 11.8. The lowest BCUT2D eigenvalue weighted by Gasteiger charge is -2.09. The minimum atomic E-state index is 0.428. The summed E-state index contributed by atoms with van der Waals surface area (Å²) in [6.45, 7) is 2.14. The van der Waals surface area contributed by atoms with Gasteiger partial charge in [-0.1, -0.05) is 6.07 Å². The molecule has 1 fully saturated rings. The summed E-state index contributed by atoms with van der Waals surface area (Å²) in [5, 5.41) is 8.09. The number of thioether (sulfide) groups is 1. The lowest BCUT2D eigenvalue weighted by molar-refractivity contribution is 0.0700. The molecule has 90 valence electrons. The van der Waals surface area contributed by atoms with Gasteiger partial charge < -0.3 is 9.84 Å². The molecule has 0 bridgehead atoms. The average molecular weight is 241 g/mol. The molecule has 0 amide bonds. The Balaban J connectivity index is 0.000000606. The summed E-state index contributed by atoms with van der Waals surface area (Å²) in [5.74, 6) is 1.03. The number of pyridine rings is 1. The Bertz CT molecular complexity index is 282. The van der Waals surface area contributed by atoms with Crippen molar-refractivity contribution in [3.8, 4) is 0 Å². The number of aliphatic hydroxyl groups excluding tert-OH is 1. The molecule has 2 atom stereocenters. The molecule has 1 saturated heterocycles. The van der Waals surface area contributed by atoms with Crippen LogP contribution < -0.4 is 0 Å². The van der Waals surface area contributed by atoms with Crippen LogP contribution in [0.5, 0.6) is 0 Å². The van der Waals surface area contributed by atoms with Crippen LogP contribution in [0.15, 0.2) is 29.4 Å². The van der Waals surface area contributed by atoms with E-state index in [0.29, 0.717) is 12.2 Å². The van der Waals surface area contributed by atoms with Crippen LogP contribution in [-0.2, 0) is 4.74 Å². The Morgan fingerprint density at radius 2 is 2.25 bits per heavy atom. The van der Waals surface area contributed by atoms with Crippen LogP contribution in [0.1, 0.15) is 19.8 Å². The van der Waals surface area contributed by atoms with Crippen LogP contribution in [0.4, 0.5) is 0 Å². The molecule has 1 aliphatic heterocycles. The van der Waals surface area contributed by atoms with Crippen LogP contribution in [-0.4, -0.2) is 35.2 Å². The molecule has 1 N–H and O–H groups in total. The van der Waals surface area contributed by atoms with Gasteiger partial charge in [0.25, 0.3) is 0 Å². The summed E-state index contributed by atoms with van der Waals surface area (Å²) in [4.78, 5) is 4.27. The van der Waals surface area contributed by atoms with E-state index in [9.17, 15) is 0 Å². The third-order valence-corrected chi connectivity index (χ3v) is 3.45. The van der Waals surface area contributed by atoms with E-state index in [4.69, 9.17) is 9.84 Å². The van der Waals surface area contributed by atoms with Gasteiger partial charge in [0.15, 0.2) is 0 Å². The Labute approximate surface area is 101 Å². The average Bonchev–Trinajstić information content (AvgIpc) is 2.77. The molecule has 0 aliphatic carbocycles. The summed E-state index contributed by atoms with van der Waals surface area (Å²) >= 11 is 1.78. The highest BCUT2D eigenvalue weighted by molar-refractivity contribution is 7.99. The minimum absolute atomic E-state index is 0.428. The molecule has 1 aromatic rings. The monoisotopic (exact) mass is 241 g/mol. The number of nitrogens with zero attached hydrogens (tertiary/aromatic N) is 1. The maximum Gasteiger partial charge on any atom is 0.0960 e. The molecule has 2 heterocycles. The zero-order valence-corrected chi connectivity index (χ0v) is 10.6. The normalized spacial score (nSPS) is 23.7. The van der Waals surface area contributed by atoms with Gasteiger partial charge in [0.2, 0.25) is 0 Å². The molecule has 0 aromatic carbocycles. The zero-order valence-electron chi connectivity index (χ0n) is 9.80. The van der Waals surface area contributed by atoms with Gasteiger partial charge in [-0.25, -0.2) is 4.98 Å². The van der Waals surface area contributed by atoms with Crippen molar-refractivity contribution in [2.75, 3.05) is 12.9 Å². The summed E-state index contributed by atoms with van der Waals surface area (Å²) < 4.78 is 5.73. The second-order valence-electron chi connectivity index (χ2n) is 3.63. The molecule has 0 saturated carbocycles. The van der Waals surface area contributed by atoms with Crippen molar-refractivity contribution in [1.82, 2.24) is 4.98 Å². The standard InChI is InChI=1S/C11H15NOS.CH4O/c1-9-5-6-10(13-9)8-14-11-4-2-3-7-12-11;1-2/h2-4,7,9-10H,5-6,8H2,1H3;2H,1H3. The van der Waals surface area contributed by atoms with Crippen molar-refractivity contribution in [2.24, 2.45) is 0 Å². The summed E-state index contributed by atoms with van der Waals surface area (Å²) in [6, 6.07) is 6.01. The molecule has 2 rings (SSSR count). The van der Waals surface area contributed by atoms with Gasteiger partial charge in [-0.15, -0.1) is 11.8 Å². The van der Waals surface area contributed by atoms with Crippen molar-refractivity contribution in [2.45, 2.75) is 37.0 Å². The Hall–Kier alpha value is -0.580. The van der Waals surface area contributed by atoms with Gasteiger partial charge in [-0.05, 0) is 31.9 Å². The van der Waals surface area contributed by atoms with E-state index in [1.54, 1.807) is 11.8 Å². The molecule has 3 nitrogen and oxygen atoms in total. The fourth-order valence-corrected chi connectivity index (χ4v) is 2.53. The third kappa shape index (κ3) is 4.51. The predicted octanol–water partition coefficient (Wildman–Crippen LogP) is 2.35. The second kappa shape index (κ2) is 7.65. The Kier molecular flexibility index (Phi) is 6.45. The van der Waals surface area contributed by atoms with E-state index >= 15 is 0 Å². The van der Waals surface area contributed by atoms with Gasteiger partial charge in [0, 0.05) is 19.1 Å². The molecule has 2 unspecified atom stereocenters. The highest BCUT2D eigenvalue weighted by Gasteiger charge is 2.21. The molecule has 0 radical (unpaired) electrons. The van der Waals surface area contributed by atoms with Crippen LogP contribution in [0.2, 0.25) is 0 Å². The number of aromatic nitrogens is 1. The van der Waals surface area contributed by atoms with Gasteiger partial charge in [-0.3, -0.25) is 0 Å². The summed E-state index contributed by atoms with van der Waals surface area (Å²) in [7, 11) is 1.00. The summed E-state index contributed by atoms with van der Waals surface area (Å²) in [6.07, 6.45) is 5.11. The number of hydrogen-bond donors (Lipinski definition) is 1. The fourth-order valence-electron chi connectivity index (χ4n) is 1.62. The van der Waals surface area contributed by atoms with E-state index in [1.807, 2.05) is 24.4 Å². The third-order valence-electron chi connectivity index (χ3n) is 2.37. The Morgan fingerprint density at radius 3 is 2.81 bits per heavy atom. The molecular weight excluding hydrogens is 222 g/mol. The smallest absolute Gasteiger partial charge is 0.0960 e. The van der Waals surface area contributed by atoms with E-state index < -0.39 is 0 Å². The number of hydrogen-bond acceptors (Lipinski definition) is 4. The van der Waals surface area contributed by atoms with Crippen molar-refractivity contribution in [3.05, 3.63) is 24.4 Å². The molecule has 0 spiro atoms. The van der Waals surface area contributed by atoms with Crippen molar-refractivity contribution < 1.29 is 9.84 Å². The highest BCUT2D eigenvalue weighted by Crippen LogP contribution is 2.25. The molecule has 1 aliphatic rings. The van der Waals surface area contributed by atoms with Gasteiger partial charge >= 0.3 is 0 Å². The first-order chi connectivity index (χ1) is 7.84. The van der Waals surface area contributed by atoms with E-state index in [0.717, 1.165) is 17.9 Å². The second-order valence-corrected chi connectivity index (χ2v) is 4.67. The van der Waals surface area contributed by atoms with Crippen molar-refractivity contribution >= 4 is 11.8 Å². The Morgan fingerprint density at radius 1 is 1.44 bits per heavy atom. The lowest BCUT2D eigenvalue weighted by Crippen LogP contribution is -2.10. The molecule has 4 heteroatoms. The largest absolute Gasteiger partial charge is 0.400 e. The minimum Gasteiger partial charge on any atom is -0.400 e. The fraction of sp³-hybridized carbons (Fsp3) is 0.583. The van der Waals surface area contributed by atoms with Crippen LogP contribution in [0.3, 0.4) is 0 Å². The number of ether oxygens (including phenoxy) is 1. The molecular formula is C12H19NO2S. The first-order valence-corrected chi connectivity index (χ1v) is 6.47. The molecule has 16 heavy (non-hydrogen) atoms. The van der Waals surface area contributed by atoms with E-state index in [1.165, 1.54) is 12.8 Å². The van der Waals surface area contributed by atoms with Crippen LogP contribution in [0.25, 0.3) is 0 Å².